The second-order valence-electron chi connectivity index (χ2n) is 3.48. The minimum atomic E-state index is -0.465. The molecule has 2 aromatic heterocycles. The van der Waals surface area contributed by atoms with E-state index in [9.17, 15) is 10.1 Å². The van der Waals surface area contributed by atoms with Crippen LogP contribution in [0.2, 0.25) is 0 Å². The van der Waals surface area contributed by atoms with Crippen molar-refractivity contribution >= 4 is 11.4 Å². The van der Waals surface area contributed by atoms with E-state index in [1.807, 2.05) is 19.3 Å². The zero-order chi connectivity index (χ0) is 12.3. The summed E-state index contributed by atoms with van der Waals surface area (Å²) < 4.78 is 1.68. The molecule has 0 radical (unpaired) electrons. The molecule has 7 heteroatoms. The van der Waals surface area contributed by atoms with Gasteiger partial charge in [0.1, 0.15) is 11.9 Å². The summed E-state index contributed by atoms with van der Waals surface area (Å²) in [5.74, 6) is 0. The number of aryl methyl sites for hydroxylation is 1. The summed E-state index contributed by atoms with van der Waals surface area (Å²) in [6.07, 6.45) is 4.55. The lowest BCUT2D eigenvalue weighted by atomic mass is 10.3. The Hall–Kier alpha value is -2.44. The number of nitro groups is 1. The van der Waals surface area contributed by atoms with Crippen LogP contribution < -0.4 is 5.32 Å². The van der Waals surface area contributed by atoms with E-state index in [0.29, 0.717) is 12.2 Å². The van der Waals surface area contributed by atoms with Crippen molar-refractivity contribution in [2.75, 3.05) is 5.32 Å². The van der Waals surface area contributed by atoms with Gasteiger partial charge in [0.05, 0.1) is 17.2 Å². The highest BCUT2D eigenvalue weighted by molar-refractivity contribution is 5.59. The summed E-state index contributed by atoms with van der Waals surface area (Å²) in [6.45, 7) is 0.436. The smallest absolute Gasteiger partial charge is 0.310 e. The van der Waals surface area contributed by atoms with Gasteiger partial charge in [-0.3, -0.25) is 19.8 Å². The van der Waals surface area contributed by atoms with Crippen molar-refractivity contribution < 1.29 is 4.92 Å². The molecule has 0 bridgehead atoms. The molecule has 0 aliphatic carbocycles. The van der Waals surface area contributed by atoms with Crippen LogP contribution >= 0.6 is 0 Å². The largest absolute Gasteiger partial charge is 0.374 e. The summed E-state index contributed by atoms with van der Waals surface area (Å²) in [5.41, 5.74) is 1.22. The molecule has 0 aromatic carbocycles. The average molecular weight is 233 g/mol. The average Bonchev–Trinajstić information content (AvgIpc) is 2.73. The fourth-order valence-corrected chi connectivity index (χ4v) is 1.42. The number of aromatic nitrogens is 3. The van der Waals surface area contributed by atoms with Gasteiger partial charge in [0.15, 0.2) is 0 Å². The van der Waals surface area contributed by atoms with E-state index in [1.54, 1.807) is 10.7 Å². The highest BCUT2D eigenvalue weighted by atomic mass is 16.6. The maximum Gasteiger partial charge on any atom is 0.310 e. The van der Waals surface area contributed by atoms with Crippen LogP contribution in [0.4, 0.5) is 11.4 Å². The van der Waals surface area contributed by atoms with Crippen molar-refractivity contribution in [1.82, 2.24) is 14.8 Å². The fourth-order valence-electron chi connectivity index (χ4n) is 1.42. The Labute approximate surface area is 97.2 Å². The van der Waals surface area contributed by atoms with Crippen LogP contribution in [-0.4, -0.2) is 19.7 Å². The van der Waals surface area contributed by atoms with Gasteiger partial charge in [-0.05, 0) is 12.1 Å². The molecule has 17 heavy (non-hydrogen) atoms. The van der Waals surface area contributed by atoms with Crippen LogP contribution in [0.3, 0.4) is 0 Å². The van der Waals surface area contributed by atoms with Crippen molar-refractivity contribution in [3.63, 3.8) is 0 Å². The number of hydrogen-bond donors (Lipinski definition) is 1. The molecule has 2 aromatic rings. The molecule has 0 amide bonds. The molecule has 1 N–H and O–H groups in total. The lowest BCUT2D eigenvalue weighted by Gasteiger charge is -2.04. The Morgan fingerprint density at radius 2 is 2.35 bits per heavy atom. The minimum Gasteiger partial charge on any atom is -0.374 e. The van der Waals surface area contributed by atoms with Gasteiger partial charge in [-0.15, -0.1) is 0 Å². The van der Waals surface area contributed by atoms with Crippen LogP contribution in [0.25, 0.3) is 0 Å². The van der Waals surface area contributed by atoms with Gasteiger partial charge in [-0.1, -0.05) is 0 Å². The summed E-state index contributed by atoms with van der Waals surface area (Å²) in [7, 11) is 1.82. The number of nitrogens with zero attached hydrogens (tertiary/aromatic N) is 4. The zero-order valence-corrected chi connectivity index (χ0v) is 9.20. The number of hydrogen-bond acceptors (Lipinski definition) is 5. The first-order valence-corrected chi connectivity index (χ1v) is 4.97. The van der Waals surface area contributed by atoms with E-state index >= 15 is 0 Å². The predicted molar refractivity (Wildman–Crippen MR) is 61.4 cm³/mol. The van der Waals surface area contributed by atoms with Gasteiger partial charge in [0, 0.05) is 19.4 Å². The second-order valence-corrected chi connectivity index (χ2v) is 3.48. The number of rotatable bonds is 4. The van der Waals surface area contributed by atoms with Gasteiger partial charge in [0.2, 0.25) is 0 Å². The van der Waals surface area contributed by atoms with Crippen molar-refractivity contribution in [2.45, 2.75) is 6.54 Å². The van der Waals surface area contributed by atoms with Gasteiger partial charge in [-0.2, -0.15) is 5.10 Å². The van der Waals surface area contributed by atoms with E-state index in [-0.39, 0.29) is 5.69 Å². The summed E-state index contributed by atoms with van der Waals surface area (Å²) in [4.78, 5) is 14.0. The highest BCUT2D eigenvalue weighted by Gasteiger charge is 2.12. The maximum atomic E-state index is 10.7. The molecule has 0 fully saturated rings. The van der Waals surface area contributed by atoms with E-state index in [1.165, 1.54) is 12.4 Å². The maximum absolute atomic E-state index is 10.7. The summed E-state index contributed by atoms with van der Waals surface area (Å²) in [6, 6.07) is 3.42. The molecular weight excluding hydrogens is 222 g/mol. The predicted octanol–water partition coefficient (Wildman–Crippen LogP) is 1.34. The molecule has 88 valence electrons. The Bertz CT molecular complexity index is 537. The first-order valence-electron chi connectivity index (χ1n) is 4.97. The normalized spacial score (nSPS) is 10.2. The van der Waals surface area contributed by atoms with E-state index in [4.69, 9.17) is 0 Å². The molecule has 0 unspecified atom stereocenters. The van der Waals surface area contributed by atoms with E-state index < -0.39 is 4.92 Å². The van der Waals surface area contributed by atoms with E-state index in [2.05, 4.69) is 15.4 Å². The van der Waals surface area contributed by atoms with Crippen molar-refractivity contribution in [3.05, 3.63) is 46.5 Å². The lowest BCUT2D eigenvalue weighted by molar-refractivity contribution is -0.384. The number of nitrogens with one attached hydrogen (secondary N) is 1. The number of pyridine rings is 1. The number of anilines is 1. The van der Waals surface area contributed by atoms with Crippen LogP contribution in [0, 0.1) is 10.1 Å². The van der Waals surface area contributed by atoms with Crippen molar-refractivity contribution in [1.29, 1.82) is 0 Å². The Balaban J connectivity index is 2.11. The third-order valence-corrected chi connectivity index (χ3v) is 2.23. The standard InChI is InChI=1S/C10H11N5O2/c1-14-5-3-8(13-14)6-12-9-2-4-11-7-10(9)15(16)17/h2-5,7H,6H2,1H3,(H,11,12). The quantitative estimate of drug-likeness (QED) is 0.636. The highest BCUT2D eigenvalue weighted by Crippen LogP contribution is 2.22. The Morgan fingerprint density at radius 1 is 1.53 bits per heavy atom. The van der Waals surface area contributed by atoms with Crippen LogP contribution in [0.15, 0.2) is 30.7 Å². The Morgan fingerprint density at radius 3 is 3.00 bits per heavy atom. The van der Waals surface area contributed by atoms with Crippen LogP contribution in [0.5, 0.6) is 0 Å². The van der Waals surface area contributed by atoms with Gasteiger partial charge < -0.3 is 5.32 Å². The molecular formula is C10H11N5O2. The van der Waals surface area contributed by atoms with Gasteiger partial charge in [0.25, 0.3) is 0 Å². The third-order valence-electron chi connectivity index (χ3n) is 2.23. The van der Waals surface area contributed by atoms with Crippen LogP contribution in [-0.2, 0) is 13.6 Å². The molecule has 0 atom stereocenters. The molecule has 2 heterocycles. The van der Waals surface area contributed by atoms with Gasteiger partial charge in [-0.25, -0.2) is 0 Å². The summed E-state index contributed by atoms with van der Waals surface area (Å²) in [5, 5.41) is 17.9. The topological polar surface area (TPSA) is 85.9 Å². The molecule has 7 nitrogen and oxygen atoms in total. The fraction of sp³-hybridized carbons (Fsp3) is 0.200. The lowest BCUT2D eigenvalue weighted by Crippen LogP contribution is -2.04. The molecule has 0 saturated carbocycles. The molecule has 0 spiro atoms. The second kappa shape index (κ2) is 4.60. The zero-order valence-electron chi connectivity index (χ0n) is 9.20. The van der Waals surface area contributed by atoms with Crippen molar-refractivity contribution in [2.24, 2.45) is 7.05 Å². The van der Waals surface area contributed by atoms with Crippen molar-refractivity contribution in [3.8, 4) is 0 Å². The van der Waals surface area contributed by atoms with E-state index in [0.717, 1.165) is 5.69 Å². The molecule has 2 rings (SSSR count). The monoisotopic (exact) mass is 233 g/mol. The minimum absolute atomic E-state index is 0.0385. The first kappa shape index (κ1) is 11.1. The molecule has 0 aliphatic rings. The van der Waals surface area contributed by atoms with Gasteiger partial charge >= 0.3 is 5.69 Å². The third kappa shape index (κ3) is 2.57. The Kier molecular flexibility index (Phi) is 2.99. The molecule has 0 aliphatic heterocycles. The van der Waals surface area contributed by atoms with Crippen LogP contribution in [0.1, 0.15) is 5.69 Å². The molecule has 0 saturated heterocycles. The first-order chi connectivity index (χ1) is 8.16. The summed E-state index contributed by atoms with van der Waals surface area (Å²) >= 11 is 0. The SMILES string of the molecule is Cn1ccc(CNc2ccncc2[N+](=O)[O-])n1.